The van der Waals surface area contributed by atoms with E-state index in [0.29, 0.717) is 30.2 Å². The van der Waals surface area contributed by atoms with Gasteiger partial charge in [-0.25, -0.2) is 0 Å². The number of aromatic nitrogens is 1. The summed E-state index contributed by atoms with van der Waals surface area (Å²) in [5.74, 6) is 0.180. The highest BCUT2D eigenvalue weighted by molar-refractivity contribution is 6.30. The van der Waals surface area contributed by atoms with E-state index < -0.39 is 0 Å². The number of benzene rings is 1. The van der Waals surface area contributed by atoms with Crippen LogP contribution in [0.4, 0.5) is 0 Å². The number of nitrogens with zero attached hydrogens (tertiary/aromatic N) is 3. The summed E-state index contributed by atoms with van der Waals surface area (Å²) in [6.07, 6.45) is 3.49. The summed E-state index contributed by atoms with van der Waals surface area (Å²) in [7, 11) is 1.83. The molecule has 1 saturated carbocycles. The second-order valence-electron chi connectivity index (χ2n) is 7.62. The number of rotatable bonds is 4. The van der Waals surface area contributed by atoms with E-state index in [1.165, 1.54) is 0 Å². The third-order valence-electron chi connectivity index (χ3n) is 5.75. The lowest BCUT2D eigenvalue weighted by atomic mass is 10.0. The summed E-state index contributed by atoms with van der Waals surface area (Å²) in [4.78, 5) is 33.5. The Bertz CT molecular complexity index is 855. The van der Waals surface area contributed by atoms with Crippen molar-refractivity contribution in [3.63, 3.8) is 0 Å². The van der Waals surface area contributed by atoms with Crippen molar-refractivity contribution in [2.45, 2.75) is 19.4 Å². The van der Waals surface area contributed by atoms with E-state index in [1.807, 2.05) is 30.1 Å². The van der Waals surface area contributed by atoms with Crippen molar-refractivity contribution in [3.05, 3.63) is 64.9 Å². The quantitative estimate of drug-likeness (QED) is 0.814. The van der Waals surface area contributed by atoms with Gasteiger partial charge in [0.15, 0.2) is 0 Å². The first kappa shape index (κ1) is 18.0. The second kappa shape index (κ2) is 6.97. The molecule has 1 aromatic heterocycles. The van der Waals surface area contributed by atoms with Crippen LogP contribution >= 0.6 is 11.6 Å². The van der Waals surface area contributed by atoms with Crippen LogP contribution in [-0.4, -0.2) is 46.7 Å². The fourth-order valence-electron chi connectivity index (χ4n) is 4.07. The van der Waals surface area contributed by atoms with Crippen LogP contribution in [0.1, 0.15) is 28.9 Å². The van der Waals surface area contributed by atoms with E-state index in [0.717, 1.165) is 18.5 Å². The van der Waals surface area contributed by atoms with Crippen LogP contribution in [0.25, 0.3) is 0 Å². The number of pyridine rings is 1. The minimum absolute atomic E-state index is 0.00855. The molecule has 0 bridgehead atoms. The molecular formula is C21H22ClN3O2. The van der Waals surface area contributed by atoms with Gasteiger partial charge in [-0.05, 0) is 49.2 Å². The Kier molecular flexibility index (Phi) is 4.64. The zero-order valence-electron chi connectivity index (χ0n) is 15.3. The first-order valence-electron chi connectivity index (χ1n) is 9.18. The van der Waals surface area contributed by atoms with Gasteiger partial charge in [0.05, 0.1) is 12.2 Å². The Balaban J connectivity index is 1.37. The fourth-order valence-corrected chi connectivity index (χ4v) is 4.20. The van der Waals surface area contributed by atoms with Crippen LogP contribution in [0.15, 0.2) is 48.7 Å². The molecule has 0 radical (unpaired) electrons. The number of likely N-dealkylation sites (tertiary alicyclic amines) is 1. The van der Waals surface area contributed by atoms with Crippen LogP contribution in [0.3, 0.4) is 0 Å². The number of hydrogen-bond donors (Lipinski definition) is 0. The summed E-state index contributed by atoms with van der Waals surface area (Å²) >= 11 is 5.90. The van der Waals surface area contributed by atoms with Gasteiger partial charge in [-0.3, -0.25) is 14.6 Å². The summed E-state index contributed by atoms with van der Waals surface area (Å²) in [6.45, 7) is 1.87. The first-order valence-corrected chi connectivity index (χ1v) is 9.56. The predicted molar refractivity (Wildman–Crippen MR) is 103 cm³/mol. The van der Waals surface area contributed by atoms with Crippen molar-refractivity contribution < 1.29 is 9.59 Å². The normalized spacial score (nSPS) is 23.5. The highest BCUT2D eigenvalue weighted by Crippen LogP contribution is 2.59. The molecule has 2 fully saturated rings. The molecule has 5 nitrogen and oxygen atoms in total. The number of carbonyl (C=O) groups excluding carboxylic acids is 2. The Hall–Kier alpha value is -2.40. The van der Waals surface area contributed by atoms with E-state index >= 15 is 0 Å². The van der Waals surface area contributed by atoms with Crippen molar-refractivity contribution in [2.75, 3.05) is 20.1 Å². The Morgan fingerprint density at radius 3 is 2.74 bits per heavy atom. The third-order valence-corrected chi connectivity index (χ3v) is 6.01. The van der Waals surface area contributed by atoms with E-state index in [2.05, 4.69) is 4.98 Å². The second-order valence-corrected chi connectivity index (χ2v) is 8.05. The summed E-state index contributed by atoms with van der Waals surface area (Å²) in [5.41, 5.74) is 1.48. The van der Waals surface area contributed by atoms with E-state index in [-0.39, 0.29) is 23.1 Å². The smallest absolute Gasteiger partial charge is 0.253 e. The van der Waals surface area contributed by atoms with Gasteiger partial charge in [0.1, 0.15) is 0 Å². The third kappa shape index (κ3) is 3.56. The molecule has 1 saturated heterocycles. The number of hydrogen-bond acceptors (Lipinski definition) is 3. The molecule has 2 amide bonds. The zero-order chi connectivity index (χ0) is 19.0. The Morgan fingerprint density at radius 1 is 1.26 bits per heavy atom. The molecule has 2 aliphatic rings. The molecule has 1 aliphatic carbocycles. The highest BCUT2D eigenvalue weighted by atomic mass is 35.5. The van der Waals surface area contributed by atoms with Crippen molar-refractivity contribution in [1.82, 2.24) is 14.8 Å². The lowest BCUT2D eigenvalue weighted by Crippen LogP contribution is -2.32. The van der Waals surface area contributed by atoms with Gasteiger partial charge in [0.2, 0.25) is 5.91 Å². The summed E-state index contributed by atoms with van der Waals surface area (Å²) < 4.78 is 0. The average molecular weight is 384 g/mol. The highest BCUT2D eigenvalue weighted by Gasteiger charge is 2.61. The van der Waals surface area contributed by atoms with Gasteiger partial charge in [0, 0.05) is 48.3 Å². The van der Waals surface area contributed by atoms with Crippen LogP contribution in [0.2, 0.25) is 5.02 Å². The largest absolute Gasteiger partial charge is 0.340 e. The van der Waals surface area contributed by atoms with E-state index in [1.54, 1.807) is 35.4 Å². The molecular weight excluding hydrogens is 362 g/mol. The maximum atomic E-state index is 12.8. The SMILES string of the molecule is CN(Cc1ccccn1)C(=O)[C@@H]1C[C@@]12CCN(C(=O)c1ccc(Cl)cc1)C2. The molecule has 2 heterocycles. The molecule has 0 N–H and O–H groups in total. The van der Waals surface area contributed by atoms with Crippen LogP contribution < -0.4 is 0 Å². The molecule has 27 heavy (non-hydrogen) atoms. The molecule has 2 atom stereocenters. The van der Waals surface area contributed by atoms with Crippen molar-refractivity contribution in [2.24, 2.45) is 11.3 Å². The van der Waals surface area contributed by atoms with Gasteiger partial charge in [-0.1, -0.05) is 17.7 Å². The fraction of sp³-hybridized carbons (Fsp3) is 0.381. The lowest BCUT2D eigenvalue weighted by Gasteiger charge is -2.19. The number of carbonyl (C=O) groups is 2. The average Bonchev–Trinajstić information content (AvgIpc) is 3.21. The van der Waals surface area contributed by atoms with Crippen molar-refractivity contribution in [3.8, 4) is 0 Å². The maximum absolute atomic E-state index is 12.8. The monoisotopic (exact) mass is 383 g/mol. The molecule has 4 rings (SSSR count). The van der Waals surface area contributed by atoms with Gasteiger partial charge in [-0.15, -0.1) is 0 Å². The molecule has 140 valence electrons. The number of halogens is 1. The molecule has 1 aromatic carbocycles. The number of amides is 2. The van der Waals surface area contributed by atoms with Gasteiger partial charge in [0.25, 0.3) is 5.91 Å². The zero-order valence-corrected chi connectivity index (χ0v) is 16.0. The van der Waals surface area contributed by atoms with E-state index in [4.69, 9.17) is 11.6 Å². The first-order chi connectivity index (χ1) is 13.0. The Labute approximate surface area is 163 Å². The van der Waals surface area contributed by atoms with Gasteiger partial charge >= 0.3 is 0 Å². The molecule has 1 aliphatic heterocycles. The molecule has 6 heteroatoms. The topological polar surface area (TPSA) is 53.5 Å². The predicted octanol–water partition coefficient (Wildman–Crippen LogP) is 3.25. The van der Waals surface area contributed by atoms with Gasteiger partial charge in [-0.2, -0.15) is 0 Å². The molecule has 1 spiro atoms. The van der Waals surface area contributed by atoms with Crippen LogP contribution in [-0.2, 0) is 11.3 Å². The minimum Gasteiger partial charge on any atom is -0.340 e. The molecule has 0 unspecified atom stereocenters. The van der Waals surface area contributed by atoms with Crippen LogP contribution in [0.5, 0.6) is 0 Å². The Morgan fingerprint density at radius 2 is 2.04 bits per heavy atom. The summed E-state index contributed by atoms with van der Waals surface area (Å²) in [5, 5.41) is 0.619. The molecule has 2 aromatic rings. The maximum Gasteiger partial charge on any atom is 0.253 e. The van der Waals surface area contributed by atoms with Crippen LogP contribution in [0, 0.1) is 11.3 Å². The minimum atomic E-state index is -0.0441. The van der Waals surface area contributed by atoms with Gasteiger partial charge < -0.3 is 9.80 Å². The van der Waals surface area contributed by atoms with Crippen molar-refractivity contribution in [1.29, 1.82) is 0 Å². The summed E-state index contributed by atoms with van der Waals surface area (Å²) in [6, 6.07) is 12.7. The van der Waals surface area contributed by atoms with Crippen molar-refractivity contribution >= 4 is 23.4 Å². The standard InChI is InChI=1S/C21H22ClN3O2/c1-24(13-17-4-2-3-10-23-17)20(27)18-12-21(18)9-11-25(14-21)19(26)15-5-7-16(22)8-6-15/h2-8,10,18H,9,11-14H2,1H3/t18-,21+/m0/s1. The van der Waals surface area contributed by atoms with E-state index in [9.17, 15) is 9.59 Å². The lowest BCUT2D eigenvalue weighted by molar-refractivity contribution is -0.132.